The molecular formula is C6H10NO9P. The summed E-state index contributed by atoms with van der Waals surface area (Å²) in [7, 11) is -5.19. The SMILES string of the molecule is O=C(O)CC(C(=O)O)N(CC(=O)O)P(=O)(O)O. The zero-order valence-electron chi connectivity index (χ0n) is 8.26. The zero-order chi connectivity index (χ0) is 13.8. The van der Waals surface area contributed by atoms with Gasteiger partial charge in [0.25, 0.3) is 0 Å². The Hall–Kier alpha value is -1.48. The Labute approximate surface area is 94.3 Å². The lowest BCUT2D eigenvalue weighted by atomic mass is 10.2. The molecule has 11 heteroatoms. The quantitative estimate of drug-likeness (QED) is 0.339. The highest BCUT2D eigenvalue weighted by molar-refractivity contribution is 7.49. The smallest absolute Gasteiger partial charge is 0.404 e. The number of carbonyl (C=O) groups is 3. The lowest BCUT2D eigenvalue weighted by Crippen LogP contribution is -2.43. The second kappa shape index (κ2) is 5.73. The van der Waals surface area contributed by atoms with Crippen LogP contribution in [-0.2, 0) is 18.9 Å². The van der Waals surface area contributed by atoms with Crippen molar-refractivity contribution >= 4 is 25.7 Å². The summed E-state index contributed by atoms with van der Waals surface area (Å²) in [6.07, 6.45) is -1.13. The molecule has 1 unspecified atom stereocenters. The highest BCUT2D eigenvalue weighted by Crippen LogP contribution is 2.42. The summed E-state index contributed by atoms with van der Waals surface area (Å²) in [6, 6.07) is -2.12. The summed E-state index contributed by atoms with van der Waals surface area (Å²) in [5.41, 5.74) is 0. The van der Waals surface area contributed by atoms with Gasteiger partial charge in [0.2, 0.25) is 0 Å². The molecule has 98 valence electrons. The van der Waals surface area contributed by atoms with E-state index in [4.69, 9.17) is 25.1 Å². The first-order valence-electron chi connectivity index (χ1n) is 4.04. The predicted molar refractivity (Wildman–Crippen MR) is 50.1 cm³/mol. The third-order valence-electron chi connectivity index (χ3n) is 1.64. The third-order valence-corrected chi connectivity index (χ3v) is 2.73. The Morgan fingerprint density at radius 3 is 1.76 bits per heavy atom. The van der Waals surface area contributed by atoms with Crippen molar-refractivity contribution in [2.75, 3.05) is 6.54 Å². The fraction of sp³-hybridized carbons (Fsp3) is 0.500. The molecule has 0 saturated heterocycles. The lowest BCUT2D eigenvalue weighted by molar-refractivity contribution is -0.150. The van der Waals surface area contributed by atoms with Crippen molar-refractivity contribution in [2.45, 2.75) is 12.5 Å². The van der Waals surface area contributed by atoms with Gasteiger partial charge in [-0.3, -0.25) is 14.4 Å². The van der Waals surface area contributed by atoms with Crippen molar-refractivity contribution in [3.8, 4) is 0 Å². The third kappa shape index (κ3) is 5.41. The molecule has 0 aromatic heterocycles. The molecule has 1 atom stereocenters. The zero-order valence-corrected chi connectivity index (χ0v) is 9.15. The van der Waals surface area contributed by atoms with Crippen LogP contribution in [0.3, 0.4) is 0 Å². The molecule has 0 spiro atoms. The highest BCUT2D eigenvalue weighted by atomic mass is 31.2. The van der Waals surface area contributed by atoms with E-state index >= 15 is 0 Å². The molecule has 0 aromatic rings. The van der Waals surface area contributed by atoms with Crippen molar-refractivity contribution in [2.24, 2.45) is 0 Å². The van der Waals surface area contributed by atoms with Gasteiger partial charge in [-0.15, -0.1) is 0 Å². The van der Waals surface area contributed by atoms with E-state index in [-0.39, 0.29) is 4.67 Å². The van der Waals surface area contributed by atoms with Gasteiger partial charge in [0.15, 0.2) is 0 Å². The van der Waals surface area contributed by atoms with E-state index in [0.29, 0.717) is 0 Å². The van der Waals surface area contributed by atoms with Crippen LogP contribution in [0.2, 0.25) is 0 Å². The van der Waals surface area contributed by atoms with Crippen LogP contribution in [0.25, 0.3) is 0 Å². The predicted octanol–water partition coefficient (Wildman–Crippen LogP) is -1.61. The van der Waals surface area contributed by atoms with Gasteiger partial charge in [-0.25, -0.2) is 4.57 Å². The van der Waals surface area contributed by atoms with E-state index in [0.717, 1.165) is 0 Å². The summed E-state index contributed by atoms with van der Waals surface area (Å²) in [4.78, 5) is 48.9. The van der Waals surface area contributed by atoms with Crippen LogP contribution < -0.4 is 0 Å². The normalized spacial score (nSPS) is 13.4. The number of carboxylic acid groups (broad SMARTS) is 3. The van der Waals surface area contributed by atoms with Gasteiger partial charge < -0.3 is 25.1 Å². The van der Waals surface area contributed by atoms with Gasteiger partial charge in [0.05, 0.1) is 6.42 Å². The van der Waals surface area contributed by atoms with Gasteiger partial charge in [0, 0.05) is 0 Å². The summed E-state index contributed by atoms with van der Waals surface area (Å²) in [5.74, 6) is -5.15. The number of hydrogen-bond donors (Lipinski definition) is 5. The van der Waals surface area contributed by atoms with Gasteiger partial charge in [-0.1, -0.05) is 0 Å². The average molecular weight is 271 g/mol. The van der Waals surface area contributed by atoms with Crippen LogP contribution in [0.4, 0.5) is 0 Å². The Morgan fingerprint density at radius 1 is 1.06 bits per heavy atom. The molecule has 0 radical (unpaired) electrons. The highest BCUT2D eigenvalue weighted by Gasteiger charge is 2.39. The first kappa shape index (κ1) is 15.5. The second-order valence-corrected chi connectivity index (χ2v) is 4.50. The van der Waals surface area contributed by atoms with E-state index in [1.807, 2.05) is 0 Å². The molecule has 0 amide bonds. The number of hydrogen-bond acceptors (Lipinski definition) is 4. The molecule has 0 aliphatic rings. The van der Waals surface area contributed by atoms with Crippen molar-refractivity contribution < 1.29 is 44.1 Å². The summed E-state index contributed by atoms with van der Waals surface area (Å²) in [5, 5.41) is 25.4. The van der Waals surface area contributed by atoms with Crippen molar-refractivity contribution in [3.63, 3.8) is 0 Å². The standard InChI is InChI=1S/C6H10NO9P/c8-4(9)1-3(6(12)13)7(2-5(10)11)17(14,15)16/h3H,1-2H2,(H,8,9)(H,10,11)(H,12,13)(H2,14,15,16). The average Bonchev–Trinajstić information content (AvgIpc) is 2.07. The van der Waals surface area contributed by atoms with E-state index in [1.165, 1.54) is 0 Å². The minimum absolute atomic E-state index is 0.189. The minimum atomic E-state index is -5.19. The Kier molecular flexibility index (Phi) is 5.23. The van der Waals surface area contributed by atoms with E-state index in [1.54, 1.807) is 0 Å². The monoisotopic (exact) mass is 271 g/mol. The molecule has 0 heterocycles. The van der Waals surface area contributed by atoms with Crippen LogP contribution in [-0.4, -0.2) is 60.3 Å². The lowest BCUT2D eigenvalue weighted by Gasteiger charge is -2.26. The van der Waals surface area contributed by atoms with Gasteiger partial charge in [0.1, 0.15) is 12.6 Å². The minimum Gasteiger partial charge on any atom is -0.481 e. The van der Waals surface area contributed by atoms with E-state index in [9.17, 15) is 18.9 Å². The Bertz CT molecular complexity index is 374. The molecule has 0 fully saturated rings. The molecule has 0 aliphatic carbocycles. The number of carboxylic acids is 3. The van der Waals surface area contributed by atoms with Gasteiger partial charge in [-0.05, 0) is 0 Å². The Balaban J connectivity index is 5.21. The second-order valence-electron chi connectivity index (χ2n) is 2.96. The van der Waals surface area contributed by atoms with Crippen molar-refractivity contribution in [3.05, 3.63) is 0 Å². The maximum absolute atomic E-state index is 10.9. The first-order valence-corrected chi connectivity index (χ1v) is 5.61. The maximum Gasteiger partial charge on any atom is 0.404 e. The summed E-state index contributed by atoms with van der Waals surface area (Å²) < 4.78 is 10.7. The van der Waals surface area contributed by atoms with Gasteiger partial charge in [-0.2, -0.15) is 4.67 Å². The van der Waals surface area contributed by atoms with Crippen LogP contribution in [0, 0.1) is 0 Å². The van der Waals surface area contributed by atoms with Gasteiger partial charge >= 0.3 is 25.7 Å². The number of nitrogens with zero attached hydrogens (tertiary/aromatic N) is 1. The first-order chi connectivity index (χ1) is 7.55. The molecule has 17 heavy (non-hydrogen) atoms. The topological polar surface area (TPSA) is 173 Å². The molecule has 0 aromatic carbocycles. The molecule has 0 bridgehead atoms. The fourth-order valence-corrected chi connectivity index (χ4v) is 1.86. The van der Waals surface area contributed by atoms with Crippen LogP contribution in [0.15, 0.2) is 0 Å². The largest absolute Gasteiger partial charge is 0.481 e. The van der Waals surface area contributed by atoms with E-state index in [2.05, 4.69) is 0 Å². The van der Waals surface area contributed by atoms with E-state index < -0.39 is 44.7 Å². The molecular weight excluding hydrogens is 261 g/mol. The Morgan fingerprint density at radius 2 is 1.53 bits per heavy atom. The molecule has 10 nitrogen and oxygen atoms in total. The number of rotatable bonds is 7. The van der Waals surface area contributed by atoms with Crippen molar-refractivity contribution in [1.82, 2.24) is 4.67 Å². The molecule has 5 N–H and O–H groups in total. The maximum atomic E-state index is 10.9. The summed E-state index contributed by atoms with van der Waals surface area (Å²) in [6.45, 7) is -1.28. The van der Waals surface area contributed by atoms with Crippen LogP contribution in [0.1, 0.15) is 6.42 Å². The summed E-state index contributed by atoms with van der Waals surface area (Å²) >= 11 is 0. The molecule has 0 saturated carbocycles. The fourth-order valence-electron chi connectivity index (χ4n) is 1.01. The molecule has 0 rings (SSSR count). The molecule has 0 aliphatic heterocycles. The van der Waals surface area contributed by atoms with Crippen molar-refractivity contribution in [1.29, 1.82) is 0 Å². The number of aliphatic carboxylic acids is 3. The van der Waals surface area contributed by atoms with Crippen LogP contribution in [0.5, 0.6) is 0 Å². The van der Waals surface area contributed by atoms with Crippen LogP contribution >= 0.6 is 7.75 Å².